The highest BCUT2D eigenvalue weighted by atomic mass is 16.5. The summed E-state index contributed by atoms with van der Waals surface area (Å²) in [5.41, 5.74) is 6.00. The number of aliphatic hydroxyl groups excluding tert-OH is 1. The van der Waals surface area contributed by atoms with Crippen molar-refractivity contribution in [2.45, 2.75) is 6.10 Å². The molecule has 5 heteroatoms. The number of β-amino-alcohol motifs (C(OH)–C–C–N with tert-alkyl or cyclic N) is 1. The minimum Gasteiger partial charge on any atom is -0.489 e. The lowest BCUT2D eigenvalue weighted by Gasteiger charge is -2.21. The molecule has 0 aromatic heterocycles. The number of benzene rings is 1. The number of carbonyl (C=O) groups is 1. The predicted molar refractivity (Wildman–Crippen MR) is 59.4 cm³/mol. The molecule has 1 aromatic carbocycles. The third-order valence-corrected chi connectivity index (χ3v) is 2.46. The van der Waals surface area contributed by atoms with E-state index in [1.54, 1.807) is 12.1 Å². The minimum absolute atomic E-state index is 0.0823. The highest BCUT2D eigenvalue weighted by molar-refractivity contribution is 5.96. The number of hydrogen-bond donors (Lipinski definition) is 2. The monoisotopic (exact) mass is 222 g/mol. The summed E-state index contributed by atoms with van der Waals surface area (Å²) in [4.78, 5) is 13.1. The fourth-order valence-electron chi connectivity index (χ4n) is 1.70. The number of nitrogens with zero attached hydrogens (tertiary/aromatic N) is 1. The Morgan fingerprint density at radius 3 is 3.06 bits per heavy atom. The molecule has 1 amide bonds. The number of anilines is 1. The second-order valence-electron chi connectivity index (χ2n) is 3.64. The maximum Gasteiger partial charge on any atom is 0.240 e. The van der Waals surface area contributed by atoms with Crippen molar-refractivity contribution in [3.05, 3.63) is 24.3 Å². The van der Waals surface area contributed by atoms with Crippen molar-refractivity contribution in [2.75, 3.05) is 24.6 Å². The number of rotatable bonds is 1. The number of amides is 1. The largest absolute Gasteiger partial charge is 0.489 e. The minimum atomic E-state index is -0.692. The third-order valence-electron chi connectivity index (χ3n) is 2.46. The normalized spacial score (nSPS) is 19.6. The first kappa shape index (κ1) is 10.9. The standard InChI is InChI=1S/C11H14N2O3/c12-5-11(15)13-6-8(14)7-16-10-4-2-1-3-9(10)13/h1-4,8,14H,5-7,12H2. The van der Waals surface area contributed by atoms with Crippen LogP contribution in [0, 0.1) is 0 Å². The molecule has 1 unspecified atom stereocenters. The van der Waals surface area contributed by atoms with Crippen molar-refractivity contribution in [3.63, 3.8) is 0 Å². The molecule has 3 N–H and O–H groups in total. The lowest BCUT2D eigenvalue weighted by atomic mass is 10.2. The van der Waals surface area contributed by atoms with E-state index in [9.17, 15) is 9.90 Å². The van der Waals surface area contributed by atoms with Crippen LogP contribution in [0.1, 0.15) is 0 Å². The fraction of sp³-hybridized carbons (Fsp3) is 0.364. The zero-order valence-electron chi connectivity index (χ0n) is 8.80. The Bertz CT molecular complexity index is 395. The molecule has 0 aliphatic carbocycles. The van der Waals surface area contributed by atoms with Gasteiger partial charge in [-0.05, 0) is 12.1 Å². The first-order valence-corrected chi connectivity index (χ1v) is 5.12. The summed E-state index contributed by atoms with van der Waals surface area (Å²) < 4.78 is 5.40. The second kappa shape index (κ2) is 4.51. The lowest BCUT2D eigenvalue weighted by Crippen LogP contribution is -2.41. The molecule has 2 rings (SSSR count). The van der Waals surface area contributed by atoms with Gasteiger partial charge in [-0.25, -0.2) is 0 Å². The van der Waals surface area contributed by atoms with Gasteiger partial charge in [-0.3, -0.25) is 4.79 Å². The molecule has 16 heavy (non-hydrogen) atoms. The number of para-hydroxylation sites is 2. The predicted octanol–water partition coefficient (Wildman–Crippen LogP) is -0.268. The van der Waals surface area contributed by atoms with Crippen LogP contribution < -0.4 is 15.4 Å². The van der Waals surface area contributed by atoms with Crippen LogP contribution in [0.4, 0.5) is 5.69 Å². The quantitative estimate of drug-likeness (QED) is 0.686. The molecule has 86 valence electrons. The van der Waals surface area contributed by atoms with Crippen molar-refractivity contribution in [1.82, 2.24) is 0 Å². The van der Waals surface area contributed by atoms with Gasteiger partial charge in [-0.1, -0.05) is 12.1 Å². The SMILES string of the molecule is NCC(=O)N1CC(O)COc2ccccc21. The summed E-state index contributed by atoms with van der Waals surface area (Å²) in [5.74, 6) is 0.373. The molecule has 1 aliphatic heterocycles. The first-order valence-electron chi connectivity index (χ1n) is 5.12. The summed E-state index contributed by atoms with van der Waals surface area (Å²) in [7, 11) is 0. The Kier molecular flexibility index (Phi) is 3.07. The topological polar surface area (TPSA) is 75.8 Å². The summed E-state index contributed by atoms with van der Waals surface area (Å²) >= 11 is 0. The van der Waals surface area contributed by atoms with Gasteiger partial charge in [0.05, 0.1) is 18.8 Å². The number of aliphatic hydroxyl groups is 1. The summed E-state index contributed by atoms with van der Waals surface area (Å²) in [6, 6.07) is 7.18. The van der Waals surface area contributed by atoms with Crippen LogP contribution in [0.15, 0.2) is 24.3 Å². The van der Waals surface area contributed by atoms with Crippen LogP contribution >= 0.6 is 0 Å². The summed E-state index contributed by atoms with van der Waals surface area (Å²) in [6.45, 7) is 0.319. The van der Waals surface area contributed by atoms with E-state index >= 15 is 0 Å². The molecule has 1 aromatic rings. The van der Waals surface area contributed by atoms with Gasteiger partial charge in [0.25, 0.3) is 0 Å². The van der Waals surface area contributed by atoms with Gasteiger partial charge in [-0.2, -0.15) is 0 Å². The Labute approximate surface area is 93.4 Å². The van der Waals surface area contributed by atoms with Gasteiger partial charge in [0, 0.05) is 0 Å². The van der Waals surface area contributed by atoms with Crippen LogP contribution in [0.3, 0.4) is 0 Å². The third kappa shape index (κ3) is 2.00. The molecule has 0 radical (unpaired) electrons. The van der Waals surface area contributed by atoms with Gasteiger partial charge >= 0.3 is 0 Å². The van der Waals surface area contributed by atoms with E-state index in [1.807, 2.05) is 12.1 Å². The van der Waals surface area contributed by atoms with Crippen molar-refractivity contribution < 1.29 is 14.6 Å². The molecule has 0 saturated carbocycles. The zero-order valence-corrected chi connectivity index (χ0v) is 8.80. The zero-order chi connectivity index (χ0) is 11.5. The van der Waals surface area contributed by atoms with E-state index in [0.29, 0.717) is 11.4 Å². The molecule has 1 heterocycles. The molecular weight excluding hydrogens is 208 g/mol. The maximum atomic E-state index is 11.7. The van der Waals surface area contributed by atoms with E-state index < -0.39 is 6.10 Å². The fourth-order valence-corrected chi connectivity index (χ4v) is 1.70. The van der Waals surface area contributed by atoms with Crippen molar-refractivity contribution in [1.29, 1.82) is 0 Å². The molecule has 0 spiro atoms. The summed E-state index contributed by atoms with van der Waals surface area (Å²) in [5, 5.41) is 9.62. The van der Waals surface area contributed by atoms with Crippen molar-refractivity contribution in [3.8, 4) is 5.75 Å². The number of hydrogen-bond acceptors (Lipinski definition) is 4. The van der Waals surface area contributed by atoms with Gasteiger partial charge < -0.3 is 20.5 Å². The van der Waals surface area contributed by atoms with Crippen LogP contribution in [0.25, 0.3) is 0 Å². The van der Waals surface area contributed by atoms with E-state index in [2.05, 4.69) is 0 Å². The van der Waals surface area contributed by atoms with Crippen LogP contribution in [-0.4, -0.2) is 36.8 Å². The number of fused-ring (bicyclic) bond motifs is 1. The average molecular weight is 222 g/mol. The number of nitrogens with two attached hydrogens (primary N) is 1. The smallest absolute Gasteiger partial charge is 0.240 e. The van der Waals surface area contributed by atoms with Crippen LogP contribution in [-0.2, 0) is 4.79 Å². The molecule has 1 aliphatic rings. The van der Waals surface area contributed by atoms with Crippen molar-refractivity contribution >= 4 is 11.6 Å². The van der Waals surface area contributed by atoms with Gasteiger partial charge in [-0.15, -0.1) is 0 Å². The molecule has 5 nitrogen and oxygen atoms in total. The van der Waals surface area contributed by atoms with Crippen molar-refractivity contribution in [2.24, 2.45) is 5.73 Å². The van der Waals surface area contributed by atoms with E-state index in [-0.39, 0.29) is 25.6 Å². The van der Waals surface area contributed by atoms with Crippen LogP contribution in [0.5, 0.6) is 5.75 Å². The number of carbonyl (C=O) groups excluding carboxylic acids is 1. The Morgan fingerprint density at radius 2 is 2.31 bits per heavy atom. The average Bonchev–Trinajstić information content (AvgIpc) is 2.48. The number of ether oxygens (including phenoxy) is 1. The maximum absolute atomic E-state index is 11.7. The van der Waals surface area contributed by atoms with E-state index in [4.69, 9.17) is 10.5 Å². The van der Waals surface area contributed by atoms with Gasteiger partial charge in [0.1, 0.15) is 18.5 Å². The van der Waals surface area contributed by atoms with Gasteiger partial charge in [0.2, 0.25) is 5.91 Å². The Balaban J connectivity index is 2.38. The molecule has 0 bridgehead atoms. The first-order chi connectivity index (χ1) is 7.72. The van der Waals surface area contributed by atoms with E-state index in [0.717, 1.165) is 0 Å². The molecular formula is C11H14N2O3. The van der Waals surface area contributed by atoms with Gasteiger partial charge in [0.15, 0.2) is 0 Å². The molecule has 0 saturated heterocycles. The highest BCUT2D eigenvalue weighted by Crippen LogP contribution is 2.30. The van der Waals surface area contributed by atoms with E-state index in [1.165, 1.54) is 4.90 Å². The highest BCUT2D eigenvalue weighted by Gasteiger charge is 2.24. The molecule has 1 atom stereocenters. The van der Waals surface area contributed by atoms with Crippen LogP contribution in [0.2, 0.25) is 0 Å². The Hall–Kier alpha value is -1.59. The summed E-state index contributed by atoms with van der Waals surface area (Å²) in [6.07, 6.45) is -0.692. The lowest BCUT2D eigenvalue weighted by molar-refractivity contribution is -0.117. The second-order valence-corrected chi connectivity index (χ2v) is 3.64. The Morgan fingerprint density at radius 1 is 1.56 bits per heavy atom. The molecule has 0 fully saturated rings.